The maximum atomic E-state index is 12.7. The minimum atomic E-state index is -0.395. The van der Waals surface area contributed by atoms with Gasteiger partial charge in [0, 0.05) is 29.9 Å². The Morgan fingerprint density at radius 2 is 2.27 bits per heavy atom. The van der Waals surface area contributed by atoms with Gasteiger partial charge in [0.2, 0.25) is 0 Å². The van der Waals surface area contributed by atoms with Crippen molar-refractivity contribution >= 4 is 11.3 Å². The van der Waals surface area contributed by atoms with Crippen LogP contribution >= 0.6 is 11.3 Å². The van der Waals surface area contributed by atoms with Gasteiger partial charge in [-0.15, -0.1) is 11.3 Å². The van der Waals surface area contributed by atoms with Crippen molar-refractivity contribution in [2.75, 3.05) is 6.61 Å². The number of rotatable bonds is 7. The minimum absolute atomic E-state index is 0.0735. The van der Waals surface area contributed by atoms with E-state index in [1.807, 2.05) is 24.4 Å². The fourth-order valence-electron chi connectivity index (χ4n) is 4.27. The van der Waals surface area contributed by atoms with Crippen LogP contribution in [0.4, 0.5) is 0 Å². The smallest absolute Gasteiger partial charge is 0.343 e. The lowest BCUT2D eigenvalue weighted by molar-refractivity contribution is 0.0843. The van der Waals surface area contributed by atoms with Gasteiger partial charge in [-0.05, 0) is 55.4 Å². The van der Waals surface area contributed by atoms with Crippen molar-refractivity contribution in [1.29, 1.82) is 0 Å². The van der Waals surface area contributed by atoms with Crippen LogP contribution in [0.1, 0.15) is 67.6 Å². The summed E-state index contributed by atoms with van der Waals surface area (Å²) in [6.07, 6.45) is 7.41. The lowest BCUT2D eigenvalue weighted by atomic mass is 9.91. The number of aromatic hydroxyl groups is 1. The molecular formula is C21H26O4S. The average Bonchev–Trinajstić information content (AvgIpc) is 3.03. The Labute approximate surface area is 157 Å². The van der Waals surface area contributed by atoms with Gasteiger partial charge in [0.1, 0.15) is 11.5 Å². The average molecular weight is 375 g/mol. The molecule has 140 valence electrons. The maximum Gasteiger partial charge on any atom is 0.343 e. The highest BCUT2D eigenvalue weighted by molar-refractivity contribution is 7.10. The molecule has 0 aromatic carbocycles. The molecule has 0 radical (unpaired) electrons. The molecular weight excluding hydrogens is 348 g/mol. The summed E-state index contributed by atoms with van der Waals surface area (Å²) in [6.45, 7) is 2.89. The summed E-state index contributed by atoms with van der Waals surface area (Å²) >= 11 is 1.60. The van der Waals surface area contributed by atoms with Gasteiger partial charge in [0.05, 0.1) is 11.7 Å². The van der Waals surface area contributed by atoms with Crippen molar-refractivity contribution in [2.24, 2.45) is 5.41 Å². The first-order chi connectivity index (χ1) is 12.6. The predicted molar refractivity (Wildman–Crippen MR) is 102 cm³/mol. The van der Waals surface area contributed by atoms with E-state index in [2.05, 4.69) is 0 Å². The first-order valence-electron chi connectivity index (χ1n) is 9.61. The summed E-state index contributed by atoms with van der Waals surface area (Å²) < 4.78 is 11.4. The Morgan fingerprint density at radius 3 is 2.85 bits per heavy atom. The lowest BCUT2D eigenvalue weighted by Gasteiger charge is -2.19. The quantitative estimate of drug-likeness (QED) is 0.753. The summed E-state index contributed by atoms with van der Waals surface area (Å²) in [5.41, 5.74) is 0.187. The largest absolute Gasteiger partial charge is 0.507 e. The third-order valence-corrected chi connectivity index (χ3v) is 6.84. The molecule has 26 heavy (non-hydrogen) atoms. The summed E-state index contributed by atoms with van der Waals surface area (Å²) in [7, 11) is 0. The summed E-state index contributed by atoms with van der Waals surface area (Å²) in [6, 6.07) is 5.65. The Morgan fingerprint density at radius 1 is 1.42 bits per heavy atom. The molecule has 2 aliphatic rings. The first-order valence-corrected chi connectivity index (χ1v) is 10.5. The topological polar surface area (TPSA) is 59.7 Å². The van der Waals surface area contributed by atoms with E-state index in [9.17, 15) is 9.90 Å². The fourth-order valence-corrected chi connectivity index (χ4v) is 5.19. The van der Waals surface area contributed by atoms with Gasteiger partial charge >= 0.3 is 5.63 Å². The van der Waals surface area contributed by atoms with Gasteiger partial charge in [0.25, 0.3) is 0 Å². The van der Waals surface area contributed by atoms with Crippen LogP contribution in [-0.4, -0.2) is 17.8 Å². The highest BCUT2D eigenvalue weighted by Gasteiger charge is 2.45. The molecule has 2 atom stereocenters. The van der Waals surface area contributed by atoms with E-state index in [1.165, 1.54) is 0 Å². The van der Waals surface area contributed by atoms with Gasteiger partial charge in [-0.2, -0.15) is 0 Å². The zero-order valence-corrected chi connectivity index (χ0v) is 16.0. The number of ether oxygens (including phenoxy) is 1. The van der Waals surface area contributed by atoms with E-state index in [1.54, 1.807) is 17.4 Å². The molecule has 2 fully saturated rings. The highest BCUT2D eigenvalue weighted by Crippen LogP contribution is 2.53. The standard InChI is InChI=1S/C21H26O4S/c1-2-16(18-6-4-10-26-18)19-17(22)11-15(25-20(19)23)13-21(7-8-21)12-14-5-3-9-24-14/h4,6,10-11,14,16,22H,2-3,5,7-9,12-13H2,1H3. The normalized spacial score (nSPS) is 22.4. The van der Waals surface area contributed by atoms with Crippen LogP contribution in [0, 0.1) is 5.41 Å². The molecule has 1 saturated heterocycles. The van der Waals surface area contributed by atoms with Crippen molar-refractivity contribution in [2.45, 2.75) is 63.9 Å². The van der Waals surface area contributed by atoms with Crippen LogP contribution in [0.25, 0.3) is 0 Å². The molecule has 1 aliphatic carbocycles. The predicted octanol–water partition coefficient (Wildman–Crippen LogP) is 4.84. The first kappa shape index (κ1) is 17.8. The van der Waals surface area contributed by atoms with Crippen molar-refractivity contribution in [3.05, 3.63) is 50.2 Å². The molecule has 4 nitrogen and oxygen atoms in total. The number of hydrogen-bond acceptors (Lipinski definition) is 5. The summed E-state index contributed by atoms with van der Waals surface area (Å²) in [5, 5.41) is 12.6. The van der Waals surface area contributed by atoms with Gasteiger partial charge in [-0.25, -0.2) is 4.79 Å². The zero-order valence-electron chi connectivity index (χ0n) is 15.2. The molecule has 1 saturated carbocycles. The Balaban J connectivity index is 1.55. The van der Waals surface area contributed by atoms with Crippen LogP contribution in [0.2, 0.25) is 0 Å². The van der Waals surface area contributed by atoms with Crippen LogP contribution in [-0.2, 0) is 11.2 Å². The van der Waals surface area contributed by atoms with E-state index in [4.69, 9.17) is 9.15 Å². The molecule has 0 bridgehead atoms. The molecule has 5 heteroatoms. The van der Waals surface area contributed by atoms with Crippen LogP contribution < -0.4 is 5.63 Å². The van der Waals surface area contributed by atoms with Crippen molar-refractivity contribution < 1.29 is 14.3 Å². The van der Waals surface area contributed by atoms with Crippen LogP contribution in [0.15, 0.2) is 32.8 Å². The molecule has 0 amide bonds. The third-order valence-electron chi connectivity index (χ3n) is 5.85. The zero-order chi connectivity index (χ0) is 18.1. The van der Waals surface area contributed by atoms with Crippen molar-refractivity contribution in [3.63, 3.8) is 0 Å². The Hall–Kier alpha value is -1.59. The fraction of sp³-hybridized carbons (Fsp3) is 0.571. The maximum absolute atomic E-state index is 12.7. The Bertz CT molecular complexity index is 798. The number of hydrogen-bond donors (Lipinski definition) is 1. The van der Waals surface area contributed by atoms with E-state index < -0.39 is 5.63 Å². The summed E-state index contributed by atoms with van der Waals surface area (Å²) in [4.78, 5) is 13.7. The van der Waals surface area contributed by atoms with Gasteiger partial charge in [-0.3, -0.25) is 0 Å². The van der Waals surface area contributed by atoms with E-state index in [0.29, 0.717) is 23.8 Å². The van der Waals surface area contributed by atoms with Crippen molar-refractivity contribution in [1.82, 2.24) is 0 Å². The molecule has 1 N–H and O–H groups in total. The Kier molecular flexibility index (Phi) is 4.93. The second kappa shape index (κ2) is 7.20. The molecule has 0 spiro atoms. The molecule has 2 aromatic heterocycles. The molecule has 1 aliphatic heterocycles. The number of thiophene rings is 1. The van der Waals surface area contributed by atoms with E-state index in [-0.39, 0.29) is 17.1 Å². The monoisotopic (exact) mass is 374 g/mol. The van der Waals surface area contributed by atoms with Gasteiger partial charge in [0.15, 0.2) is 0 Å². The van der Waals surface area contributed by atoms with Crippen LogP contribution in [0.3, 0.4) is 0 Å². The molecule has 4 rings (SSSR count). The van der Waals surface area contributed by atoms with E-state index in [0.717, 1.165) is 50.0 Å². The third kappa shape index (κ3) is 3.60. The van der Waals surface area contributed by atoms with Crippen molar-refractivity contribution in [3.8, 4) is 5.75 Å². The van der Waals surface area contributed by atoms with Crippen LogP contribution in [0.5, 0.6) is 5.75 Å². The highest BCUT2D eigenvalue weighted by atomic mass is 32.1. The second-order valence-electron chi connectivity index (χ2n) is 7.79. The minimum Gasteiger partial charge on any atom is -0.507 e. The van der Waals surface area contributed by atoms with Gasteiger partial charge < -0.3 is 14.3 Å². The molecule has 2 aromatic rings. The SMILES string of the molecule is CCC(c1cccs1)c1c(O)cc(CC2(CC3CCCO3)CC2)oc1=O. The molecule has 2 unspecified atom stereocenters. The second-order valence-corrected chi connectivity index (χ2v) is 8.77. The van der Waals surface area contributed by atoms with Gasteiger partial charge in [-0.1, -0.05) is 13.0 Å². The molecule has 3 heterocycles. The summed E-state index contributed by atoms with van der Waals surface area (Å²) in [5.74, 6) is 0.569. The van der Waals surface area contributed by atoms with E-state index >= 15 is 0 Å². The lowest BCUT2D eigenvalue weighted by Crippen LogP contribution is -2.18.